The number of ether oxygens (including phenoxy) is 2. The first-order chi connectivity index (χ1) is 16.3. The van der Waals surface area contributed by atoms with Crippen LogP contribution >= 0.6 is 0 Å². The summed E-state index contributed by atoms with van der Waals surface area (Å²) in [6.45, 7) is 12.5. The van der Waals surface area contributed by atoms with E-state index in [2.05, 4.69) is 53.4 Å². The van der Waals surface area contributed by atoms with Gasteiger partial charge in [0.05, 0.1) is 16.5 Å². The molecule has 0 aliphatic carbocycles. The Morgan fingerprint density at radius 1 is 0.657 bits per heavy atom. The zero-order valence-corrected chi connectivity index (χ0v) is 21.7. The Kier molecular flexibility index (Phi) is 8.94. The first-order valence-electron chi connectivity index (χ1n) is 11.7. The van der Waals surface area contributed by atoms with E-state index >= 15 is 0 Å². The molecule has 0 bridgehead atoms. The van der Waals surface area contributed by atoms with Gasteiger partial charge in [0.2, 0.25) is 0 Å². The Morgan fingerprint density at radius 2 is 0.971 bits per heavy atom. The average Bonchev–Trinajstić information content (AvgIpc) is 2.80. The summed E-state index contributed by atoms with van der Waals surface area (Å²) in [5.41, 5.74) is 2.19. The second-order valence-corrected chi connectivity index (χ2v) is 11.1. The topological polar surface area (TPSA) is 52.6 Å². The predicted octanol–water partition coefficient (Wildman–Crippen LogP) is 6.33. The van der Waals surface area contributed by atoms with Crippen molar-refractivity contribution in [1.29, 1.82) is 0 Å². The van der Waals surface area contributed by atoms with Gasteiger partial charge in [-0.2, -0.15) is 0 Å². The van der Waals surface area contributed by atoms with Gasteiger partial charge in [0, 0.05) is 12.8 Å². The maximum Gasteiger partial charge on any atom is 0.338 e. The zero-order chi connectivity index (χ0) is 26.3. The minimum Gasteiger partial charge on any atom is -0.461 e. The van der Waals surface area contributed by atoms with Crippen molar-refractivity contribution in [3.05, 3.63) is 70.8 Å². The van der Waals surface area contributed by atoms with Crippen molar-refractivity contribution in [2.24, 2.45) is 5.41 Å². The second kappa shape index (κ2) is 11.3. The number of rotatable bonds is 8. The van der Waals surface area contributed by atoms with Crippen LogP contribution in [-0.4, -0.2) is 25.2 Å². The van der Waals surface area contributed by atoms with Gasteiger partial charge >= 0.3 is 11.9 Å². The molecule has 0 fully saturated rings. The Balaban J connectivity index is 2.10. The molecule has 0 heterocycles. The van der Waals surface area contributed by atoms with E-state index in [0.717, 1.165) is 11.1 Å². The van der Waals surface area contributed by atoms with E-state index < -0.39 is 17.4 Å². The summed E-state index contributed by atoms with van der Waals surface area (Å²) in [5.74, 6) is 4.22. The van der Waals surface area contributed by atoms with Gasteiger partial charge in [-0.25, -0.2) is 9.59 Å². The quantitative estimate of drug-likeness (QED) is 0.333. The molecule has 0 radical (unpaired) electrons. The molecule has 2 aromatic carbocycles. The maximum absolute atomic E-state index is 12.7. The van der Waals surface area contributed by atoms with Crippen LogP contribution in [0.25, 0.3) is 0 Å². The Morgan fingerprint density at radius 3 is 1.23 bits per heavy atom. The summed E-state index contributed by atoms with van der Waals surface area (Å²) < 4.78 is 11.2. The third kappa shape index (κ3) is 7.76. The van der Waals surface area contributed by atoms with Crippen molar-refractivity contribution in [2.45, 2.75) is 65.2 Å². The Labute approximate surface area is 210 Å². The molecule has 35 heavy (non-hydrogen) atoms. The Bertz CT molecular complexity index is 1000. The van der Waals surface area contributed by atoms with Crippen molar-refractivity contribution in [1.82, 2.24) is 0 Å². The van der Waals surface area contributed by atoms with E-state index in [0.29, 0.717) is 11.1 Å². The number of esters is 2. The van der Waals surface area contributed by atoms with E-state index in [1.165, 1.54) is 0 Å². The van der Waals surface area contributed by atoms with Crippen LogP contribution in [0.3, 0.4) is 0 Å². The van der Waals surface area contributed by atoms with Crippen LogP contribution in [0, 0.1) is 30.1 Å². The zero-order valence-electron chi connectivity index (χ0n) is 21.7. The predicted molar refractivity (Wildman–Crippen MR) is 140 cm³/mol. The molecule has 0 spiro atoms. The minimum absolute atomic E-state index is 0.0197. The molecule has 2 aromatic rings. The highest BCUT2D eigenvalue weighted by Crippen LogP contribution is 2.29. The number of terminal acetylenes is 2. The molecule has 0 amide bonds. The Hall–Kier alpha value is -3.50. The lowest BCUT2D eigenvalue weighted by Gasteiger charge is -2.29. The highest BCUT2D eigenvalue weighted by Gasteiger charge is 2.33. The molecule has 0 atom stereocenters. The van der Waals surface area contributed by atoms with E-state index in [1.807, 2.05) is 24.3 Å². The van der Waals surface area contributed by atoms with Gasteiger partial charge in [0.15, 0.2) is 0 Å². The molecule has 4 nitrogen and oxygen atoms in total. The molecule has 0 aromatic heterocycles. The fraction of sp³-hybridized carbons (Fsp3) is 0.419. The molecule has 0 saturated heterocycles. The number of hydrogen-bond acceptors (Lipinski definition) is 4. The van der Waals surface area contributed by atoms with Crippen LogP contribution in [0.15, 0.2) is 48.5 Å². The van der Waals surface area contributed by atoms with Crippen LogP contribution in [0.4, 0.5) is 0 Å². The SMILES string of the molecule is C#CCC(CC#C)(COC(=O)c1ccc(C(C)(C)C)cc1)COC(=O)c1ccc(C(C)(C)C)cc1. The minimum atomic E-state index is -0.870. The molecule has 0 saturated carbocycles. The number of benzene rings is 2. The molecule has 0 aliphatic heterocycles. The van der Waals surface area contributed by atoms with E-state index in [-0.39, 0.29) is 36.9 Å². The van der Waals surface area contributed by atoms with Crippen LogP contribution in [0.2, 0.25) is 0 Å². The van der Waals surface area contributed by atoms with Crippen molar-refractivity contribution in [2.75, 3.05) is 13.2 Å². The highest BCUT2D eigenvalue weighted by atomic mass is 16.5. The molecule has 0 aliphatic rings. The normalized spacial score (nSPS) is 11.8. The smallest absolute Gasteiger partial charge is 0.338 e. The van der Waals surface area contributed by atoms with E-state index in [1.54, 1.807) is 24.3 Å². The average molecular weight is 473 g/mol. The van der Waals surface area contributed by atoms with Gasteiger partial charge in [-0.3, -0.25) is 0 Å². The summed E-state index contributed by atoms with van der Waals surface area (Å²) in [4.78, 5) is 25.4. The van der Waals surface area contributed by atoms with Crippen molar-refractivity contribution < 1.29 is 19.1 Å². The van der Waals surface area contributed by atoms with E-state index in [4.69, 9.17) is 22.3 Å². The highest BCUT2D eigenvalue weighted by molar-refractivity contribution is 5.90. The van der Waals surface area contributed by atoms with Crippen molar-refractivity contribution in [3.8, 4) is 24.7 Å². The van der Waals surface area contributed by atoms with Crippen molar-refractivity contribution >= 4 is 11.9 Å². The van der Waals surface area contributed by atoms with Crippen LogP contribution in [0.1, 0.15) is 86.2 Å². The maximum atomic E-state index is 12.7. The molecule has 0 N–H and O–H groups in total. The summed E-state index contributed by atoms with van der Waals surface area (Å²) in [7, 11) is 0. The standard InChI is InChI=1S/C31H36O4/c1-9-19-31(20-10-2,21-34-27(32)23-11-15-25(16-12-23)29(3,4)5)22-35-28(33)24-13-17-26(18-14-24)30(6,7)8/h1-2,11-18H,19-22H2,3-8H3. The fourth-order valence-electron chi connectivity index (χ4n) is 3.56. The van der Waals surface area contributed by atoms with Gasteiger partial charge in [0.1, 0.15) is 13.2 Å². The van der Waals surface area contributed by atoms with E-state index in [9.17, 15) is 9.59 Å². The van der Waals surface area contributed by atoms with Crippen molar-refractivity contribution in [3.63, 3.8) is 0 Å². The van der Waals surface area contributed by atoms with Gasteiger partial charge < -0.3 is 9.47 Å². The lowest BCUT2D eigenvalue weighted by atomic mass is 9.83. The van der Waals surface area contributed by atoms with Crippen LogP contribution in [0.5, 0.6) is 0 Å². The lowest BCUT2D eigenvalue weighted by molar-refractivity contribution is -0.00243. The van der Waals surface area contributed by atoms with Crippen LogP contribution in [-0.2, 0) is 20.3 Å². The fourth-order valence-corrected chi connectivity index (χ4v) is 3.56. The number of carbonyl (C=O) groups excluding carboxylic acids is 2. The van der Waals surface area contributed by atoms with Gasteiger partial charge in [0.25, 0.3) is 0 Å². The summed E-state index contributed by atoms with van der Waals surface area (Å²) in [6, 6.07) is 14.6. The number of carbonyl (C=O) groups is 2. The van der Waals surface area contributed by atoms with Gasteiger partial charge in [-0.15, -0.1) is 24.7 Å². The third-order valence-corrected chi connectivity index (χ3v) is 5.95. The van der Waals surface area contributed by atoms with Crippen LogP contribution < -0.4 is 0 Å². The number of hydrogen-bond donors (Lipinski definition) is 0. The molecule has 0 unspecified atom stereocenters. The summed E-state index contributed by atoms with van der Waals surface area (Å²) >= 11 is 0. The second-order valence-electron chi connectivity index (χ2n) is 11.1. The monoisotopic (exact) mass is 472 g/mol. The third-order valence-electron chi connectivity index (χ3n) is 5.95. The molecule has 4 heteroatoms. The summed E-state index contributed by atoms with van der Waals surface area (Å²) in [6.07, 6.45) is 11.6. The largest absolute Gasteiger partial charge is 0.461 e. The first kappa shape index (κ1) is 27.7. The summed E-state index contributed by atoms with van der Waals surface area (Å²) in [5, 5.41) is 0. The molecular formula is C31H36O4. The lowest BCUT2D eigenvalue weighted by Crippen LogP contribution is -2.34. The molecule has 184 valence electrons. The van der Waals surface area contributed by atoms with Gasteiger partial charge in [-0.1, -0.05) is 65.8 Å². The molecule has 2 rings (SSSR count). The molecular weight excluding hydrogens is 436 g/mol. The van der Waals surface area contributed by atoms with Gasteiger partial charge in [-0.05, 0) is 46.2 Å². The first-order valence-corrected chi connectivity index (χ1v) is 11.7.